The third kappa shape index (κ3) is 9.19. The lowest BCUT2D eigenvalue weighted by Crippen LogP contribution is -1.99. The molecule has 0 aliphatic carbocycles. The lowest BCUT2D eigenvalue weighted by Gasteiger charge is -1.96. The van der Waals surface area contributed by atoms with Gasteiger partial charge in [-0.3, -0.25) is 4.79 Å². The topological polar surface area (TPSA) is 89.6 Å². The molecule has 5 nitrogen and oxygen atoms in total. The number of benzene rings is 1. The van der Waals surface area contributed by atoms with E-state index < -0.39 is 11.4 Å². The maximum absolute atomic E-state index is 10.2. The molecule has 0 radical (unpaired) electrons. The van der Waals surface area contributed by atoms with Crippen LogP contribution in [-0.2, 0) is 16.0 Å². The van der Waals surface area contributed by atoms with E-state index in [0.29, 0.717) is 12.3 Å². The highest BCUT2D eigenvalue weighted by atomic mass is 35.5. The molecule has 1 aromatic rings. The molecule has 3 N–H and O–H groups in total. The summed E-state index contributed by atoms with van der Waals surface area (Å²) in [5.41, 5.74) is 6.09. The summed E-state index contributed by atoms with van der Waals surface area (Å²) in [6.07, 6.45) is 0.0558. The lowest BCUT2D eigenvalue weighted by molar-refractivity contribution is -0.136. The van der Waals surface area contributed by atoms with Crippen molar-refractivity contribution < 1.29 is 19.4 Å². The number of aliphatic carboxylic acids is 1. The number of nitrogen functional groups attached to an aromatic ring is 1. The molecule has 17 heavy (non-hydrogen) atoms. The molecule has 0 bridgehead atoms. The molecule has 0 heterocycles. The number of carboxylic acid groups (broad SMARTS) is 1. The van der Waals surface area contributed by atoms with Gasteiger partial charge in [0.25, 0.3) is 0 Å². The fourth-order valence-corrected chi connectivity index (χ4v) is 1.03. The number of carbonyl (C=O) groups excluding carboxylic acids is 1. The Labute approximate surface area is 104 Å². The van der Waals surface area contributed by atoms with Crippen LogP contribution in [0.4, 0.5) is 10.5 Å². The molecule has 0 amide bonds. The first-order valence-corrected chi connectivity index (χ1v) is 5.22. The molecule has 0 fully saturated rings. The quantitative estimate of drug-likeness (QED) is 0.642. The van der Waals surface area contributed by atoms with Crippen molar-refractivity contribution in [2.75, 3.05) is 12.3 Å². The van der Waals surface area contributed by atoms with Gasteiger partial charge in [0, 0.05) is 17.3 Å². The van der Waals surface area contributed by atoms with Gasteiger partial charge in [-0.2, -0.15) is 0 Å². The summed E-state index contributed by atoms with van der Waals surface area (Å²) in [6, 6.07) is 6.81. The minimum absolute atomic E-state index is 0.0558. The number of carbonyl (C=O) groups is 2. The molecule has 94 valence electrons. The van der Waals surface area contributed by atoms with Crippen LogP contribution in [0.2, 0.25) is 0 Å². The third-order valence-corrected chi connectivity index (χ3v) is 1.70. The largest absolute Gasteiger partial charge is 0.481 e. The van der Waals surface area contributed by atoms with Crippen molar-refractivity contribution in [3.8, 4) is 0 Å². The Balaban J connectivity index is 0.000000366. The van der Waals surface area contributed by atoms with E-state index in [2.05, 4.69) is 4.74 Å². The molecule has 0 unspecified atom stereocenters. The maximum atomic E-state index is 10.2. The Bertz CT molecular complexity index is 364. The van der Waals surface area contributed by atoms with Gasteiger partial charge in [0.15, 0.2) is 0 Å². The molecule has 1 rings (SSSR count). The SMILES string of the molecule is CCOC(=O)Cl.Nc1ccc(CC(=O)O)cc1. The number of rotatable bonds is 3. The molecule has 0 aliphatic heterocycles. The standard InChI is InChI=1S/C8H9NO2.C3H5ClO2/c9-7-3-1-6(2-4-7)5-8(10)11;1-2-6-3(4)5/h1-4H,5,9H2,(H,10,11);2H2,1H3. The summed E-state index contributed by atoms with van der Waals surface area (Å²) in [5.74, 6) is -0.824. The van der Waals surface area contributed by atoms with Crippen molar-refractivity contribution in [2.45, 2.75) is 13.3 Å². The van der Waals surface area contributed by atoms with E-state index in [9.17, 15) is 9.59 Å². The monoisotopic (exact) mass is 259 g/mol. The van der Waals surface area contributed by atoms with E-state index >= 15 is 0 Å². The normalized spacial score (nSPS) is 8.82. The summed E-state index contributed by atoms with van der Waals surface area (Å²) in [7, 11) is 0. The fourth-order valence-electron chi connectivity index (χ4n) is 0.924. The van der Waals surface area contributed by atoms with Crippen LogP contribution in [0.3, 0.4) is 0 Å². The number of halogens is 1. The van der Waals surface area contributed by atoms with Crippen LogP contribution >= 0.6 is 11.6 Å². The maximum Gasteiger partial charge on any atom is 0.403 e. The first-order chi connectivity index (χ1) is 7.95. The number of carboxylic acids is 1. The molecule has 0 spiro atoms. The molecule has 1 aromatic carbocycles. The number of anilines is 1. The van der Waals surface area contributed by atoms with Gasteiger partial charge in [0.05, 0.1) is 13.0 Å². The van der Waals surface area contributed by atoms with Gasteiger partial charge in [0.2, 0.25) is 0 Å². The van der Waals surface area contributed by atoms with Gasteiger partial charge in [-0.15, -0.1) is 0 Å². The molecule has 0 saturated carbocycles. The molecule has 0 aliphatic rings. The predicted molar refractivity (Wildman–Crippen MR) is 65.1 cm³/mol. The smallest absolute Gasteiger partial charge is 0.403 e. The predicted octanol–water partition coefficient (Wildman–Crippen LogP) is 2.28. The van der Waals surface area contributed by atoms with Crippen LogP contribution in [0.1, 0.15) is 12.5 Å². The summed E-state index contributed by atoms with van der Waals surface area (Å²) < 4.78 is 4.17. The molecular formula is C11H14ClNO4. The van der Waals surface area contributed by atoms with Crippen LogP contribution in [0.15, 0.2) is 24.3 Å². The van der Waals surface area contributed by atoms with Gasteiger partial charge in [-0.25, -0.2) is 4.79 Å². The van der Waals surface area contributed by atoms with Crippen LogP contribution in [0, 0.1) is 0 Å². The van der Waals surface area contributed by atoms with Crippen molar-refractivity contribution >= 4 is 28.7 Å². The highest BCUT2D eigenvalue weighted by Crippen LogP contribution is 2.05. The Morgan fingerprint density at radius 1 is 1.35 bits per heavy atom. The summed E-state index contributed by atoms with van der Waals surface area (Å²) in [5, 5.41) is 8.40. The van der Waals surface area contributed by atoms with Crippen molar-refractivity contribution in [2.24, 2.45) is 0 Å². The Morgan fingerprint density at radius 2 is 1.88 bits per heavy atom. The Hall–Kier alpha value is -1.75. The van der Waals surface area contributed by atoms with E-state index in [-0.39, 0.29) is 6.42 Å². The van der Waals surface area contributed by atoms with Crippen LogP contribution in [0.25, 0.3) is 0 Å². The lowest BCUT2D eigenvalue weighted by atomic mass is 10.1. The molecular weight excluding hydrogens is 246 g/mol. The molecule has 0 saturated heterocycles. The highest BCUT2D eigenvalue weighted by molar-refractivity contribution is 6.61. The second-order valence-electron chi connectivity index (χ2n) is 2.98. The fraction of sp³-hybridized carbons (Fsp3) is 0.273. The van der Waals surface area contributed by atoms with Gasteiger partial charge in [-0.1, -0.05) is 12.1 Å². The van der Waals surface area contributed by atoms with E-state index in [1.165, 1.54) is 0 Å². The van der Waals surface area contributed by atoms with Crippen LogP contribution in [0.5, 0.6) is 0 Å². The van der Waals surface area contributed by atoms with Gasteiger partial charge < -0.3 is 15.6 Å². The molecule has 6 heteroatoms. The first-order valence-electron chi connectivity index (χ1n) is 4.84. The first kappa shape index (κ1) is 15.2. The van der Waals surface area contributed by atoms with Gasteiger partial charge in [0.1, 0.15) is 0 Å². The van der Waals surface area contributed by atoms with E-state index in [1.807, 2.05) is 0 Å². The second kappa shape index (κ2) is 8.41. The number of nitrogens with two attached hydrogens (primary N) is 1. The molecule has 0 aromatic heterocycles. The molecule has 0 atom stereocenters. The van der Waals surface area contributed by atoms with E-state index in [0.717, 1.165) is 5.56 Å². The summed E-state index contributed by atoms with van der Waals surface area (Å²) in [6.45, 7) is 2.04. The summed E-state index contributed by atoms with van der Waals surface area (Å²) in [4.78, 5) is 19.8. The Morgan fingerprint density at radius 3 is 2.18 bits per heavy atom. The third-order valence-electron chi connectivity index (χ3n) is 1.59. The summed E-state index contributed by atoms with van der Waals surface area (Å²) >= 11 is 4.72. The van der Waals surface area contributed by atoms with Gasteiger partial charge in [-0.05, 0) is 24.6 Å². The average Bonchev–Trinajstić information content (AvgIpc) is 2.21. The number of hydrogen-bond acceptors (Lipinski definition) is 4. The number of hydrogen-bond donors (Lipinski definition) is 2. The van der Waals surface area contributed by atoms with Crippen molar-refractivity contribution in [3.63, 3.8) is 0 Å². The minimum atomic E-state index is -0.824. The zero-order valence-corrected chi connectivity index (χ0v) is 10.1. The number of ether oxygens (including phenoxy) is 1. The van der Waals surface area contributed by atoms with Crippen molar-refractivity contribution in [3.05, 3.63) is 29.8 Å². The van der Waals surface area contributed by atoms with E-state index in [4.69, 9.17) is 22.4 Å². The van der Waals surface area contributed by atoms with Crippen LogP contribution in [-0.4, -0.2) is 23.1 Å². The van der Waals surface area contributed by atoms with Crippen LogP contribution < -0.4 is 5.73 Å². The van der Waals surface area contributed by atoms with Crippen molar-refractivity contribution in [1.29, 1.82) is 0 Å². The van der Waals surface area contributed by atoms with Gasteiger partial charge >= 0.3 is 11.4 Å². The highest BCUT2D eigenvalue weighted by Gasteiger charge is 1.98. The zero-order chi connectivity index (χ0) is 13.3. The average molecular weight is 260 g/mol. The van der Waals surface area contributed by atoms with Crippen molar-refractivity contribution in [1.82, 2.24) is 0 Å². The zero-order valence-electron chi connectivity index (χ0n) is 9.35. The van der Waals surface area contributed by atoms with E-state index in [1.54, 1.807) is 31.2 Å². The Kier molecular flexibility index (Phi) is 7.54. The minimum Gasteiger partial charge on any atom is -0.481 e. The second-order valence-corrected chi connectivity index (χ2v) is 3.29.